The molecule has 12 heteroatoms. The van der Waals surface area contributed by atoms with Crippen molar-refractivity contribution in [2.75, 3.05) is 19.5 Å². The van der Waals surface area contributed by atoms with Crippen LogP contribution in [0.25, 0.3) is 0 Å². The van der Waals surface area contributed by atoms with Crippen LogP contribution >= 0.6 is 11.8 Å². The lowest BCUT2D eigenvalue weighted by atomic mass is 9.44. The van der Waals surface area contributed by atoms with Gasteiger partial charge >= 0.3 is 12.1 Å². The maximum absolute atomic E-state index is 17.6. The van der Waals surface area contributed by atoms with Gasteiger partial charge in [0.05, 0.1) is 25.2 Å². The number of ketones is 1. The second-order valence-electron chi connectivity index (χ2n) is 12.3. The molecule has 1 aromatic rings. The van der Waals surface area contributed by atoms with E-state index in [1.165, 1.54) is 37.5 Å². The number of esters is 1. The number of thioether (sulfide) groups is 1. The molecule has 9 nitrogen and oxygen atoms in total. The minimum atomic E-state index is -2.36. The largest absolute Gasteiger partial charge is 0.508 e. The molecular formula is C32H34F2O9S. The van der Waals surface area contributed by atoms with Crippen LogP contribution in [0.4, 0.5) is 13.6 Å². The number of furan rings is 1. The molecule has 0 spiro atoms. The highest BCUT2D eigenvalue weighted by atomic mass is 32.2. The second-order valence-corrected chi connectivity index (χ2v) is 13.2. The molecule has 4 aliphatic rings. The summed E-state index contributed by atoms with van der Waals surface area (Å²) in [5.74, 6) is 1.38. The van der Waals surface area contributed by atoms with Crippen molar-refractivity contribution >= 4 is 34.8 Å². The molecule has 0 amide bonds. The van der Waals surface area contributed by atoms with Gasteiger partial charge in [0.25, 0.3) is 0 Å². The molecule has 0 bridgehead atoms. The predicted octanol–water partition coefficient (Wildman–Crippen LogP) is 4.79. The van der Waals surface area contributed by atoms with Gasteiger partial charge in [-0.25, -0.2) is 18.4 Å². The first-order valence-electron chi connectivity index (χ1n) is 14.3. The van der Waals surface area contributed by atoms with Crippen molar-refractivity contribution < 1.29 is 51.7 Å². The molecule has 5 rings (SSSR count). The Morgan fingerprint density at radius 1 is 1.20 bits per heavy atom. The number of allylic oxidation sites excluding steroid dienone is 4. The molecule has 4 aliphatic carbocycles. The van der Waals surface area contributed by atoms with Crippen LogP contribution in [0.3, 0.4) is 0 Å². The number of hydrogen-bond acceptors (Lipinski definition) is 10. The predicted molar refractivity (Wildman–Crippen MR) is 154 cm³/mol. The number of carbonyl (C=O) groups is 4. The quantitative estimate of drug-likeness (QED) is 0.358. The lowest BCUT2D eigenvalue weighted by Gasteiger charge is -2.63. The lowest BCUT2D eigenvalue weighted by molar-refractivity contribution is -0.221. The Kier molecular flexibility index (Phi) is 8.35. The van der Waals surface area contributed by atoms with Crippen molar-refractivity contribution in [3.05, 3.63) is 48.0 Å². The van der Waals surface area contributed by atoms with Crippen LogP contribution in [-0.4, -0.2) is 71.1 Å². The summed E-state index contributed by atoms with van der Waals surface area (Å²) in [6.07, 6.45) is 0.335. The molecule has 0 radical (unpaired) electrons. The van der Waals surface area contributed by atoms with E-state index in [4.69, 9.17) is 13.9 Å². The Morgan fingerprint density at radius 3 is 2.64 bits per heavy atom. The summed E-state index contributed by atoms with van der Waals surface area (Å²) in [5.41, 5.74) is -7.13. The van der Waals surface area contributed by atoms with Gasteiger partial charge in [0, 0.05) is 22.7 Å². The van der Waals surface area contributed by atoms with Gasteiger partial charge in [-0.2, -0.15) is 0 Å². The minimum absolute atomic E-state index is 0.00524. The van der Waals surface area contributed by atoms with Crippen molar-refractivity contribution in [2.24, 2.45) is 28.6 Å². The highest BCUT2D eigenvalue weighted by molar-refractivity contribution is 8.14. The van der Waals surface area contributed by atoms with E-state index in [-0.39, 0.29) is 43.0 Å². The van der Waals surface area contributed by atoms with Crippen LogP contribution in [0.15, 0.2) is 46.6 Å². The van der Waals surface area contributed by atoms with E-state index in [0.717, 1.165) is 24.9 Å². The van der Waals surface area contributed by atoms with Gasteiger partial charge in [0.1, 0.15) is 6.17 Å². The zero-order valence-electron chi connectivity index (χ0n) is 24.8. The van der Waals surface area contributed by atoms with Gasteiger partial charge in [-0.3, -0.25) is 9.59 Å². The summed E-state index contributed by atoms with van der Waals surface area (Å²) in [6.45, 7) is 4.65. The third-order valence-electron chi connectivity index (χ3n) is 10.3. The van der Waals surface area contributed by atoms with Crippen molar-refractivity contribution in [3.63, 3.8) is 0 Å². The normalized spacial score (nSPS) is 38.7. The zero-order valence-corrected chi connectivity index (χ0v) is 25.6. The van der Waals surface area contributed by atoms with E-state index in [0.29, 0.717) is 0 Å². The van der Waals surface area contributed by atoms with E-state index in [1.807, 2.05) is 0 Å². The van der Waals surface area contributed by atoms with Crippen LogP contribution in [-0.2, 0) is 23.8 Å². The number of carbonyl (C=O) groups excluding carboxylic acids is 4. The van der Waals surface area contributed by atoms with Crippen molar-refractivity contribution in [3.8, 4) is 11.8 Å². The summed E-state index contributed by atoms with van der Waals surface area (Å²) in [7, 11) is 1.16. The van der Waals surface area contributed by atoms with E-state index in [9.17, 15) is 24.3 Å². The van der Waals surface area contributed by atoms with Crippen molar-refractivity contribution in [1.82, 2.24) is 0 Å². The number of aliphatic hydroxyl groups is 1. The van der Waals surface area contributed by atoms with Gasteiger partial charge in [-0.1, -0.05) is 43.5 Å². The van der Waals surface area contributed by atoms with E-state index in [1.54, 1.807) is 13.8 Å². The number of hydrogen-bond donors (Lipinski definition) is 1. The fourth-order valence-corrected chi connectivity index (χ4v) is 9.27. The van der Waals surface area contributed by atoms with Crippen LogP contribution in [0, 0.1) is 40.4 Å². The molecule has 44 heavy (non-hydrogen) atoms. The summed E-state index contributed by atoms with van der Waals surface area (Å²) < 4.78 is 53.9. The molecule has 0 unspecified atom stereocenters. The van der Waals surface area contributed by atoms with Gasteiger partial charge in [-0.05, 0) is 62.0 Å². The molecule has 9 atom stereocenters. The number of fused-ring (bicyclic) bond motifs is 5. The second kappa shape index (κ2) is 11.5. The maximum Gasteiger partial charge on any atom is 0.508 e. The summed E-state index contributed by atoms with van der Waals surface area (Å²) in [6, 6.07) is 2.89. The van der Waals surface area contributed by atoms with Crippen molar-refractivity contribution in [1.29, 1.82) is 0 Å². The Morgan fingerprint density at radius 2 is 1.95 bits per heavy atom. The lowest BCUT2D eigenvalue weighted by Crippen LogP contribution is -2.70. The van der Waals surface area contributed by atoms with E-state index < -0.39 is 75.2 Å². The Balaban J connectivity index is 1.52. The Hall–Kier alpha value is -3.43. The Labute approximate surface area is 257 Å². The molecule has 0 aliphatic heterocycles. The number of methoxy groups -OCH3 is 1. The fraction of sp³-hybridized carbons (Fsp3) is 0.562. The first-order valence-corrected chi connectivity index (χ1v) is 15.3. The number of ether oxygens (including phenoxy) is 3. The number of alkyl halides is 2. The number of rotatable bonds is 5. The van der Waals surface area contributed by atoms with E-state index in [2.05, 4.69) is 16.6 Å². The standard InChI is InChI=1S/C32H34F2O9S/c1-18-14-20-21-16-23(33)22-15-19(35)9-10-29(22,2)31(21,34)25(36)17-30(20,3)32(18,43-26(37)24-8-7-12-41-24)27(38)44-13-6-5-11-42-28(39)40-4/h7-10,12,15,18,20-21,23,25,36H,11,13-14,16-17H2,1-4H3/t18-,20+,21+,23+,25+,29+,30+,31+,32+/m1/s1. The van der Waals surface area contributed by atoms with Crippen LogP contribution in [0.1, 0.15) is 50.6 Å². The highest BCUT2D eigenvalue weighted by Crippen LogP contribution is 2.72. The van der Waals surface area contributed by atoms with Crippen molar-refractivity contribution in [2.45, 2.75) is 63.6 Å². The summed E-state index contributed by atoms with van der Waals surface area (Å²) in [5, 5.41) is 11.1. The minimum Gasteiger partial charge on any atom is -0.457 e. The average Bonchev–Trinajstić information content (AvgIpc) is 3.60. The topological polar surface area (TPSA) is 129 Å². The molecule has 1 aromatic heterocycles. The molecule has 1 N–H and O–H groups in total. The van der Waals surface area contributed by atoms with Crippen LogP contribution in [0.2, 0.25) is 0 Å². The van der Waals surface area contributed by atoms with Gasteiger partial charge in [-0.15, -0.1) is 0 Å². The Bertz CT molecular complexity index is 1480. The molecule has 0 saturated heterocycles. The summed E-state index contributed by atoms with van der Waals surface area (Å²) in [4.78, 5) is 50.9. The zero-order chi connectivity index (χ0) is 32.1. The number of aliphatic hydroxyl groups excluding tert-OH is 1. The van der Waals surface area contributed by atoms with Crippen LogP contribution < -0.4 is 0 Å². The first kappa shape index (κ1) is 32.0. The smallest absolute Gasteiger partial charge is 0.457 e. The first-order chi connectivity index (χ1) is 20.8. The highest BCUT2D eigenvalue weighted by Gasteiger charge is 2.78. The maximum atomic E-state index is 17.6. The van der Waals surface area contributed by atoms with Gasteiger partial charge < -0.3 is 23.7 Å². The molecular weight excluding hydrogens is 598 g/mol. The average molecular weight is 633 g/mol. The third kappa shape index (κ3) is 4.62. The molecule has 1 heterocycles. The number of halogens is 2. The molecule has 3 fully saturated rings. The SMILES string of the molecule is COC(=O)OCC#CCSC(=O)[C@@]1(OC(=O)c2ccco2)[C@H](C)C[C@H]2[C@@H]3C[C@H](F)C4=CC(=O)C=C[C@]4(C)[C@@]3(F)[C@@H](O)C[C@@]21C. The van der Waals surface area contributed by atoms with Gasteiger partial charge in [0.2, 0.25) is 10.9 Å². The molecule has 0 aromatic carbocycles. The fourth-order valence-electron chi connectivity index (χ4n) is 8.27. The third-order valence-corrected chi connectivity index (χ3v) is 11.1. The monoisotopic (exact) mass is 632 g/mol. The van der Waals surface area contributed by atoms with Gasteiger partial charge in [0.15, 0.2) is 23.7 Å². The molecule has 236 valence electrons. The summed E-state index contributed by atoms with van der Waals surface area (Å²) >= 11 is 0.783. The molecule has 3 saturated carbocycles. The van der Waals surface area contributed by atoms with E-state index >= 15 is 8.78 Å². The van der Waals surface area contributed by atoms with Crippen LogP contribution in [0.5, 0.6) is 0 Å².